The van der Waals surface area contributed by atoms with Crippen molar-refractivity contribution in [3.63, 3.8) is 0 Å². The summed E-state index contributed by atoms with van der Waals surface area (Å²) in [7, 11) is 0. The second-order valence-corrected chi connectivity index (χ2v) is 9.83. The number of hydrogen-bond donors (Lipinski definition) is 3. The molecule has 3 atom stereocenters. The van der Waals surface area contributed by atoms with Crippen molar-refractivity contribution in [3.05, 3.63) is 35.4 Å². The Morgan fingerprint density at radius 2 is 1.69 bits per heavy atom. The number of hydrogen-bond acceptors (Lipinski definition) is 5. The van der Waals surface area contributed by atoms with Gasteiger partial charge >= 0.3 is 6.09 Å². The van der Waals surface area contributed by atoms with Crippen molar-refractivity contribution in [2.75, 3.05) is 6.54 Å². The summed E-state index contributed by atoms with van der Waals surface area (Å²) in [6.07, 6.45) is 0.980. The number of aryl methyl sites for hydroxylation is 1. The van der Waals surface area contributed by atoms with Crippen LogP contribution in [0.25, 0.3) is 0 Å². The molecule has 9 heteroatoms. The molecule has 35 heavy (non-hydrogen) atoms. The number of carbonyl (C=O) groups excluding carboxylic acids is 4. The zero-order chi connectivity index (χ0) is 26.8. The van der Waals surface area contributed by atoms with Gasteiger partial charge in [0.15, 0.2) is 0 Å². The van der Waals surface area contributed by atoms with Crippen LogP contribution in [0.5, 0.6) is 0 Å². The van der Waals surface area contributed by atoms with Crippen LogP contribution in [0.3, 0.4) is 0 Å². The van der Waals surface area contributed by atoms with E-state index in [4.69, 9.17) is 10.5 Å². The highest BCUT2D eigenvalue weighted by Crippen LogP contribution is 2.27. The molecule has 4 amide bonds. The Balaban J connectivity index is 3.47. The molecule has 1 aromatic carbocycles. The number of amides is 4. The molecule has 0 heterocycles. The van der Waals surface area contributed by atoms with Gasteiger partial charge in [0.25, 0.3) is 0 Å². The molecule has 9 nitrogen and oxygen atoms in total. The van der Waals surface area contributed by atoms with Gasteiger partial charge in [-0.2, -0.15) is 0 Å². The summed E-state index contributed by atoms with van der Waals surface area (Å²) in [5.41, 5.74) is 6.25. The summed E-state index contributed by atoms with van der Waals surface area (Å²) in [6, 6.07) is 4.76. The van der Waals surface area contributed by atoms with Gasteiger partial charge in [0.1, 0.15) is 17.7 Å². The Bertz CT molecular complexity index is 863. The van der Waals surface area contributed by atoms with Gasteiger partial charge in [0, 0.05) is 12.6 Å². The average molecular weight is 491 g/mol. The van der Waals surface area contributed by atoms with Gasteiger partial charge in [-0.15, -0.1) is 0 Å². The molecule has 1 aromatic rings. The van der Waals surface area contributed by atoms with Gasteiger partial charge < -0.3 is 26.0 Å². The number of unbranched alkanes of at least 4 members (excludes halogenated alkanes) is 1. The number of alkyl carbamates (subject to hydrolysis) is 1. The molecule has 0 aliphatic carbocycles. The van der Waals surface area contributed by atoms with E-state index in [2.05, 4.69) is 10.6 Å². The van der Waals surface area contributed by atoms with E-state index in [0.29, 0.717) is 18.5 Å². The molecule has 0 aromatic heterocycles. The van der Waals surface area contributed by atoms with Gasteiger partial charge in [-0.25, -0.2) is 4.79 Å². The topological polar surface area (TPSA) is 131 Å². The third kappa shape index (κ3) is 9.96. The fraction of sp³-hybridized carbons (Fsp3) is 0.615. The highest BCUT2D eigenvalue weighted by molar-refractivity contribution is 5.94. The second-order valence-electron chi connectivity index (χ2n) is 9.83. The lowest BCUT2D eigenvalue weighted by molar-refractivity contribution is -0.145. The lowest BCUT2D eigenvalue weighted by Gasteiger charge is -2.38. The minimum absolute atomic E-state index is 0.328. The molecule has 0 fully saturated rings. The maximum Gasteiger partial charge on any atom is 0.408 e. The summed E-state index contributed by atoms with van der Waals surface area (Å²) in [5, 5.41) is 5.41. The lowest BCUT2D eigenvalue weighted by Crippen LogP contribution is -2.56. The maximum absolute atomic E-state index is 13.9. The fourth-order valence-electron chi connectivity index (χ4n) is 3.50. The SMILES string of the molecule is CCCCNC(=O)C(c1ccc(C)cc1)N(C(=O)C(CC(N)=O)NC(=O)OC(C)(C)C)C(C)CC. The van der Waals surface area contributed by atoms with Gasteiger partial charge in [-0.05, 0) is 53.0 Å². The van der Waals surface area contributed by atoms with Gasteiger partial charge in [0.2, 0.25) is 17.7 Å². The number of benzene rings is 1. The van der Waals surface area contributed by atoms with Crippen molar-refractivity contribution in [1.82, 2.24) is 15.5 Å². The number of nitrogens with two attached hydrogens (primary N) is 1. The van der Waals surface area contributed by atoms with Crippen molar-refractivity contribution < 1.29 is 23.9 Å². The van der Waals surface area contributed by atoms with Gasteiger partial charge in [0.05, 0.1) is 6.42 Å². The number of ether oxygens (including phenoxy) is 1. The largest absolute Gasteiger partial charge is 0.444 e. The summed E-state index contributed by atoms with van der Waals surface area (Å²) in [5.74, 6) is -1.67. The van der Waals surface area contributed by atoms with Crippen LogP contribution in [0.4, 0.5) is 4.79 Å². The summed E-state index contributed by atoms with van der Waals surface area (Å²) in [4.78, 5) is 53.0. The molecular weight excluding hydrogens is 448 g/mol. The van der Waals surface area contributed by atoms with Crippen LogP contribution in [0.1, 0.15) is 84.4 Å². The molecule has 0 aliphatic heterocycles. The number of primary amides is 1. The van der Waals surface area contributed by atoms with E-state index in [-0.39, 0.29) is 11.9 Å². The fourth-order valence-corrected chi connectivity index (χ4v) is 3.50. The molecule has 0 radical (unpaired) electrons. The summed E-state index contributed by atoms with van der Waals surface area (Å²) in [6.45, 7) is 13.2. The molecule has 0 saturated carbocycles. The number of rotatable bonds is 12. The van der Waals surface area contributed by atoms with Crippen LogP contribution in [0.15, 0.2) is 24.3 Å². The van der Waals surface area contributed by atoms with Crippen molar-refractivity contribution in [3.8, 4) is 0 Å². The monoisotopic (exact) mass is 490 g/mol. The second kappa shape index (κ2) is 13.7. The van der Waals surface area contributed by atoms with Crippen LogP contribution >= 0.6 is 0 Å². The zero-order valence-corrected chi connectivity index (χ0v) is 22.1. The minimum atomic E-state index is -1.28. The van der Waals surface area contributed by atoms with E-state index in [0.717, 1.165) is 18.4 Å². The van der Waals surface area contributed by atoms with Crippen LogP contribution in [0.2, 0.25) is 0 Å². The summed E-state index contributed by atoms with van der Waals surface area (Å²) < 4.78 is 5.29. The standard InChI is InChI=1S/C26H42N4O5/c1-8-10-15-28-23(32)22(19-13-11-17(3)12-14-19)30(18(4)9-2)24(33)20(16-21(27)31)29-25(34)35-26(5,6)7/h11-14,18,20,22H,8-10,15-16H2,1-7H3,(H2,27,31)(H,28,32)(H,29,34). The first kappa shape index (κ1) is 29.9. The lowest BCUT2D eigenvalue weighted by atomic mass is 9.98. The van der Waals surface area contributed by atoms with Gasteiger partial charge in [-0.3, -0.25) is 14.4 Å². The predicted octanol–water partition coefficient (Wildman–Crippen LogP) is 3.35. The quantitative estimate of drug-likeness (QED) is 0.387. The predicted molar refractivity (Wildman–Crippen MR) is 135 cm³/mol. The van der Waals surface area contributed by atoms with Crippen molar-refractivity contribution >= 4 is 23.8 Å². The molecule has 0 bridgehead atoms. The Morgan fingerprint density at radius 3 is 2.17 bits per heavy atom. The molecular formula is C26H42N4O5. The molecule has 0 spiro atoms. The van der Waals surface area contributed by atoms with Crippen molar-refractivity contribution in [2.45, 2.75) is 97.9 Å². The Hall–Kier alpha value is -3.10. The Labute approximate surface area is 209 Å². The van der Waals surface area contributed by atoms with Crippen molar-refractivity contribution in [1.29, 1.82) is 0 Å². The highest BCUT2D eigenvalue weighted by Gasteiger charge is 2.38. The van der Waals surface area contributed by atoms with Gasteiger partial charge in [-0.1, -0.05) is 50.1 Å². The minimum Gasteiger partial charge on any atom is -0.444 e. The zero-order valence-electron chi connectivity index (χ0n) is 22.1. The van der Waals surface area contributed by atoms with E-state index in [1.807, 2.05) is 52.0 Å². The molecule has 0 saturated heterocycles. The first-order valence-corrected chi connectivity index (χ1v) is 12.2. The molecule has 4 N–H and O–H groups in total. The number of carbonyl (C=O) groups is 4. The van der Waals surface area contributed by atoms with Crippen LogP contribution < -0.4 is 16.4 Å². The molecule has 196 valence electrons. The third-order valence-electron chi connectivity index (χ3n) is 5.46. The summed E-state index contributed by atoms with van der Waals surface area (Å²) >= 11 is 0. The van der Waals surface area contributed by atoms with E-state index >= 15 is 0 Å². The first-order valence-electron chi connectivity index (χ1n) is 12.2. The number of nitrogens with zero attached hydrogens (tertiary/aromatic N) is 1. The highest BCUT2D eigenvalue weighted by atomic mass is 16.6. The smallest absolute Gasteiger partial charge is 0.408 e. The van der Waals surface area contributed by atoms with E-state index in [1.54, 1.807) is 20.8 Å². The average Bonchev–Trinajstić information content (AvgIpc) is 2.75. The Morgan fingerprint density at radius 1 is 1.09 bits per heavy atom. The van der Waals surface area contributed by atoms with E-state index in [9.17, 15) is 19.2 Å². The first-order chi connectivity index (χ1) is 16.3. The normalized spacial score (nSPS) is 13.8. The van der Waals surface area contributed by atoms with Crippen LogP contribution in [0, 0.1) is 6.92 Å². The molecule has 0 aliphatic rings. The molecule has 1 rings (SSSR count). The Kier molecular flexibility index (Phi) is 11.7. The van der Waals surface area contributed by atoms with Crippen LogP contribution in [-0.2, 0) is 19.1 Å². The van der Waals surface area contributed by atoms with Crippen LogP contribution in [-0.4, -0.2) is 52.9 Å². The molecule has 3 unspecified atom stereocenters. The number of nitrogens with one attached hydrogen (secondary N) is 2. The van der Waals surface area contributed by atoms with E-state index in [1.165, 1.54) is 4.90 Å². The van der Waals surface area contributed by atoms with Crippen molar-refractivity contribution in [2.24, 2.45) is 5.73 Å². The maximum atomic E-state index is 13.9. The van der Waals surface area contributed by atoms with E-state index < -0.39 is 42.0 Å². The third-order valence-corrected chi connectivity index (χ3v) is 5.46.